The summed E-state index contributed by atoms with van der Waals surface area (Å²) in [7, 11) is 0. The molecule has 0 saturated heterocycles. The van der Waals surface area contributed by atoms with Gasteiger partial charge >= 0.3 is 5.97 Å². The number of carbonyl (C=O) groups excluding carboxylic acids is 2. The summed E-state index contributed by atoms with van der Waals surface area (Å²) in [5.41, 5.74) is 0.523. The molecule has 156 valence electrons. The van der Waals surface area contributed by atoms with E-state index in [2.05, 4.69) is 10.3 Å². The maximum absolute atomic E-state index is 13.0. The molecular weight excluding hydrogens is 390 g/mol. The first-order valence-electron chi connectivity index (χ1n) is 10.5. The molecule has 0 aromatic carbocycles. The number of nitrogens with one attached hydrogen (secondary N) is 1. The van der Waals surface area contributed by atoms with E-state index in [1.54, 1.807) is 11.5 Å². The molecule has 1 N–H and O–H groups in total. The van der Waals surface area contributed by atoms with Gasteiger partial charge in [0, 0.05) is 19.0 Å². The number of hydrogen-bond donors (Lipinski definition) is 1. The first-order valence-corrected chi connectivity index (χ1v) is 11.4. The second-order valence-electron chi connectivity index (χ2n) is 8.01. The van der Waals surface area contributed by atoms with Gasteiger partial charge in [0.05, 0.1) is 5.39 Å². The van der Waals surface area contributed by atoms with Crippen LogP contribution in [0.15, 0.2) is 4.79 Å². The highest BCUT2D eigenvalue weighted by Crippen LogP contribution is 2.29. The summed E-state index contributed by atoms with van der Waals surface area (Å²) in [5.74, 6) is -0.0363. The average Bonchev–Trinajstić information content (AvgIpc) is 2.88. The van der Waals surface area contributed by atoms with E-state index in [9.17, 15) is 14.4 Å². The number of esters is 1. The molecule has 1 amide bonds. The lowest BCUT2D eigenvalue weighted by atomic mass is 9.95. The standard InChI is InChI=1S/C21H27N3O4S/c1-13-17-19(23-15-10-6-3-7-11-24(15)20(17)26)29-18(13)21(27)28-12-16(25)22-14-8-4-2-5-9-14/h14H,2-12H2,1H3,(H,22,25). The van der Waals surface area contributed by atoms with Crippen LogP contribution in [0.25, 0.3) is 10.2 Å². The van der Waals surface area contributed by atoms with Crippen LogP contribution in [-0.2, 0) is 22.5 Å². The van der Waals surface area contributed by atoms with Crippen LogP contribution in [0.4, 0.5) is 0 Å². The fourth-order valence-electron chi connectivity index (χ4n) is 4.32. The van der Waals surface area contributed by atoms with Crippen LogP contribution in [0, 0.1) is 6.92 Å². The summed E-state index contributed by atoms with van der Waals surface area (Å²) in [5, 5.41) is 3.44. The molecule has 0 radical (unpaired) electrons. The highest BCUT2D eigenvalue weighted by molar-refractivity contribution is 7.20. The van der Waals surface area contributed by atoms with Gasteiger partial charge in [-0.25, -0.2) is 9.78 Å². The Morgan fingerprint density at radius 2 is 1.93 bits per heavy atom. The summed E-state index contributed by atoms with van der Waals surface area (Å²) in [6.07, 6.45) is 9.28. The number of ether oxygens (including phenoxy) is 1. The minimum atomic E-state index is -0.566. The molecule has 0 bridgehead atoms. The van der Waals surface area contributed by atoms with Crippen LogP contribution < -0.4 is 10.9 Å². The molecule has 1 saturated carbocycles. The van der Waals surface area contributed by atoms with Gasteiger partial charge in [-0.15, -0.1) is 11.3 Å². The number of rotatable bonds is 4. The number of aromatic nitrogens is 2. The zero-order chi connectivity index (χ0) is 20.4. The SMILES string of the molecule is Cc1c(C(=O)OCC(=O)NC2CCCCC2)sc2nc3n(c(=O)c12)CCCCC3. The van der Waals surface area contributed by atoms with E-state index in [4.69, 9.17) is 4.74 Å². The number of carbonyl (C=O) groups is 2. The normalized spacial score (nSPS) is 17.6. The average molecular weight is 418 g/mol. The van der Waals surface area contributed by atoms with Crippen molar-refractivity contribution in [1.82, 2.24) is 14.9 Å². The molecule has 2 aromatic heterocycles. The van der Waals surface area contributed by atoms with Crippen molar-refractivity contribution in [2.24, 2.45) is 0 Å². The molecule has 7 nitrogen and oxygen atoms in total. The number of aryl methyl sites for hydroxylation is 2. The Balaban J connectivity index is 1.49. The lowest BCUT2D eigenvalue weighted by Gasteiger charge is -2.22. The van der Waals surface area contributed by atoms with Crippen LogP contribution in [0.1, 0.15) is 72.4 Å². The van der Waals surface area contributed by atoms with E-state index in [0.717, 1.165) is 57.2 Å². The van der Waals surface area contributed by atoms with Gasteiger partial charge in [-0.2, -0.15) is 0 Å². The quantitative estimate of drug-likeness (QED) is 0.772. The molecular formula is C21H27N3O4S. The third kappa shape index (κ3) is 4.22. The van der Waals surface area contributed by atoms with E-state index < -0.39 is 5.97 Å². The molecule has 1 aliphatic carbocycles. The third-order valence-electron chi connectivity index (χ3n) is 5.90. The summed E-state index contributed by atoms with van der Waals surface area (Å²) in [4.78, 5) is 43.3. The van der Waals surface area contributed by atoms with Crippen LogP contribution in [0.2, 0.25) is 0 Å². The van der Waals surface area contributed by atoms with E-state index in [0.29, 0.717) is 27.2 Å². The minimum Gasteiger partial charge on any atom is -0.451 e. The number of amides is 1. The van der Waals surface area contributed by atoms with Gasteiger partial charge in [0.25, 0.3) is 11.5 Å². The Morgan fingerprint density at radius 3 is 2.72 bits per heavy atom. The Morgan fingerprint density at radius 1 is 1.17 bits per heavy atom. The topological polar surface area (TPSA) is 90.3 Å². The molecule has 2 aliphatic rings. The maximum atomic E-state index is 13.0. The summed E-state index contributed by atoms with van der Waals surface area (Å²) < 4.78 is 7.00. The Kier molecular flexibility index (Phi) is 5.99. The molecule has 4 rings (SSSR count). The first-order chi connectivity index (χ1) is 14.0. The molecule has 0 unspecified atom stereocenters. The van der Waals surface area contributed by atoms with Crippen molar-refractivity contribution in [1.29, 1.82) is 0 Å². The highest BCUT2D eigenvalue weighted by atomic mass is 32.1. The van der Waals surface area contributed by atoms with E-state index in [1.165, 1.54) is 17.8 Å². The second-order valence-corrected chi connectivity index (χ2v) is 9.01. The molecule has 3 heterocycles. The van der Waals surface area contributed by atoms with Gasteiger partial charge in [-0.3, -0.25) is 14.2 Å². The summed E-state index contributed by atoms with van der Waals surface area (Å²) >= 11 is 1.18. The smallest absolute Gasteiger partial charge is 0.349 e. The number of nitrogens with zero attached hydrogens (tertiary/aromatic N) is 2. The Hall–Kier alpha value is -2.22. The number of thiophene rings is 1. The van der Waals surface area contributed by atoms with Crippen molar-refractivity contribution < 1.29 is 14.3 Å². The molecule has 0 atom stereocenters. The molecule has 1 aliphatic heterocycles. The fourth-order valence-corrected chi connectivity index (χ4v) is 5.40. The molecule has 8 heteroatoms. The van der Waals surface area contributed by atoms with Crippen molar-refractivity contribution >= 4 is 33.4 Å². The van der Waals surface area contributed by atoms with Crippen LogP contribution >= 0.6 is 11.3 Å². The van der Waals surface area contributed by atoms with Crippen molar-refractivity contribution in [2.45, 2.75) is 77.3 Å². The molecule has 0 spiro atoms. The van der Waals surface area contributed by atoms with Gasteiger partial charge in [0.1, 0.15) is 15.5 Å². The predicted octanol–water partition coefficient (Wildman–Crippen LogP) is 3.10. The van der Waals surface area contributed by atoms with Crippen molar-refractivity contribution in [3.8, 4) is 0 Å². The fraction of sp³-hybridized carbons (Fsp3) is 0.619. The highest BCUT2D eigenvalue weighted by Gasteiger charge is 2.24. The van der Waals surface area contributed by atoms with Gasteiger partial charge < -0.3 is 10.1 Å². The van der Waals surface area contributed by atoms with Crippen molar-refractivity contribution in [3.63, 3.8) is 0 Å². The number of hydrogen-bond acceptors (Lipinski definition) is 6. The Bertz CT molecular complexity index is 988. The summed E-state index contributed by atoms with van der Waals surface area (Å²) in [6.45, 7) is 2.13. The zero-order valence-electron chi connectivity index (χ0n) is 16.8. The van der Waals surface area contributed by atoms with Crippen LogP contribution in [0.3, 0.4) is 0 Å². The van der Waals surface area contributed by atoms with E-state index in [1.807, 2.05) is 0 Å². The van der Waals surface area contributed by atoms with Gasteiger partial charge in [-0.05, 0) is 38.2 Å². The largest absolute Gasteiger partial charge is 0.451 e. The Labute approximate surface area is 173 Å². The van der Waals surface area contributed by atoms with E-state index in [-0.39, 0.29) is 24.1 Å². The van der Waals surface area contributed by atoms with Crippen LogP contribution in [0.5, 0.6) is 0 Å². The van der Waals surface area contributed by atoms with Crippen molar-refractivity contribution in [2.75, 3.05) is 6.61 Å². The molecule has 2 aromatic rings. The third-order valence-corrected chi connectivity index (χ3v) is 7.07. The maximum Gasteiger partial charge on any atom is 0.349 e. The number of fused-ring (bicyclic) bond motifs is 2. The monoisotopic (exact) mass is 417 g/mol. The van der Waals surface area contributed by atoms with Crippen molar-refractivity contribution in [3.05, 3.63) is 26.6 Å². The second kappa shape index (κ2) is 8.65. The minimum absolute atomic E-state index is 0.0743. The summed E-state index contributed by atoms with van der Waals surface area (Å²) in [6, 6.07) is 0.181. The zero-order valence-corrected chi connectivity index (χ0v) is 17.6. The predicted molar refractivity (Wildman–Crippen MR) is 111 cm³/mol. The van der Waals surface area contributed by atoms with Gasteiger partial charge in [0.2, 0.25) is 0 Å². The van der Waals surface area contributed by atoms with Gasteiger partial charge in [0.15, 0.2) is 6.61 Å². The first kappa shape index (κ1) is 20.1. The lowest BCUT2D eigenvalue weighted by molar-refractivity contribution is -0.125. The molecule has 29 heavy (non-hydrogen) atoms. The van der Waals surface area contributed by atoms with Gasteiger partial charge in [-0.1, -0.05) is 25.7 Å². The van der Waals surface area contributed by atoms with Crippen LogP contribution in [-0.4, -0.2) is 34.1 Å². The lowest BCUT2D eigenvalue weighted by Crippen LogP contribution is -2.38. The van der Waals surface area contributed by atoms with E-state index >= 15 is 0 Å². The molecule has 1 fully saturated rings.